The van der Waals surface area contributed by atoms with E-state index in [4.69, 9.17) is 5.11 Å². The Kier molecular flexibility index (Phi) is 10.3. The summed E-state index contributed by atoms with van der Waals surface area (Å²) >= 11 is 0. The molecule has 1 aromatic heterocycles. The van der Waals surface area contributed by atoms with Crippen LogP contribution in [0.5, 0.6) is 0 Å². The molecule has 0 saturated heterocycles. The van der Waals surface area contributed by atoms with Crippen LogP contribution in [0.3, 0.4) is 0 Å². The van der Waals surface area contributed by atoms with Gasteiger partial charge in [0.1, 0.15) is 5.82 Å². The predicted molar refractivity (Wildman–Crippen MR) is 86.3 cm³/mol. The van der Waals surface area contributed by atoms with Gasteiger partial charge in [0.25, 0.3) is 0 Å². The molecule has 0 aliphatic heterocycles. The highest BCUT2D eigenvalue weighted by molar-refractivity contribution is 5.87. The SMILES string of the molecule is Cc1cncc(NCCNC(=O)/C=C/C(F)(F)F)n1.O=C(O)/C=C/C(F)(F)F. The standard InChI is InChI=1S/C11H13F3N4O.C4H3F3O2/c1-8-6-15-7-9(18-8)16-4-5-17-10(19)2-3-11(12,13)14;5-4(6,7)2-1-3(8)9/h2-3,6-7H,4-5H2,1H3,(H,16,18)(H,17,19);1-2H,(H,8,9)/b3-2+;2-1+. The van der Waals surface area contributed by atoms with Crippen LogP contribution in [0.1, 0.15) is 5.69 Å². The maximum Gasteiger partial charge on any atom is 0.410 e. The summed E-state index contributed by atoms with van der Waals surface area (Å²) in [6, 6.07) is 0. The molecule has 1 heterocycles. The number of aliphatic carboxylic acids is 1. The van der Waals surface area contributed by atoms with Crippen molar-refractivity contribution >= 4 is 17.7 Å². The third-order valence-electron chi connectivity index (χ3n) is 2.32. The van der Waals surface area contributed by atoms with Gasteiger partial charge in [-0.2, -0.15) is 26.3 Å². The Morgan fingerprint density at radius 2 is 1.61 bits per heavy atom. The second-order valence-corrected chi connectivity index (χ2v) is 4.85. The topological polar surface area (TPSA) is 104 Å². The Morgan fingerprint density at radius 3 is 2.07 bits per heavy atom. The summed E-state index contributed by atoms with van der Waals surface area (Å²) < 4.78 is 68.5. The number of allylic oxidation sites excluding steroid dienone is 2. The number of hydrogen-bond donors (Lipinski definition) is 3. The van der Waals surface area contributed by atoms with E-state index in [0.717, 1.165) is 5.69 Å². The molecule has 28 heavy (non-hydrogen) atoms. The van der Waals surface area contributed by atoms with Crippen molar-refractivity contribution in [3.63, 3.8) is 0 Å². The molecule has 0 atom stereocenters. The number of hydrogen-bond acceptors (Lipinski definition) is 5. The third kappa shape index (κ3) is 16.4. The molecule has 3 N–H and O–H groups in total. The van der Waals surface area contributed by atoms with Crippen molar-refractivity contribution in [1.29, 1.82) is 0 Å². The fourth-order valence-electron chi connectivity index (χ4n) is 1.32. The summed E-state index contributed by atoms with van der Waals surface area (Å²) in [6.07, 6.45) is -5.86. The zero-order valence-electron chi connectivity index (χ0n) is 14.3. The van der Waals surface area contributed by atoms with Crippen LogP contribution in [-0.2, 0) is 9.59 Å². The van der Waals surface area contributed by atoms with Gasteiger partial charge in [-0.05, 0) is 6.92 Å². The quantitative estimate of drug-likeness (QED) is 0.376. The molecule has 7 nitrogen and oxygen atoms in total. The molecule has 0 bridgehead atoms. The molecule has 1 amide bonds. The molecule has 1 aromatic rings. The van der Waals surface area contributed by atoms with E-state index in [1.54, 1.807) is 13.1 Å². The fraction of sp³-hybridized carbons (Fsp3) is 0.333. The molecule has 0 unspecified atom stereocenters. The van der Waals surface area contributed by atoms with E-state index in [1.165, 1.54) is 6.20 Å². The summed E-state index contributed by atoms with van der Waals surface area (Å²) in [5.41, 5.74) is 0.738. The summed E-state index contributed by atoms with van der Waals surface area (Å²) in [5, 5.41) is 12.9. The molecule has 0 spiro atoms. The maximum absolute atomic E-state index is 11.8. The first-order valence-electron chi connectivity index (χ1n) is 7.34. The van der Waals surface area contributed by atoms with E-state index >= 15 is 0 Å². The molecule has 1 rings (SSSR count). The lowest BCUT2D eigenvalue weighted by Gasteiger charge is -2.06. The van der Waals surface area contributed by atoms with Crippen LogP contribution in [-0.4, -0.2) is 52.4 Å². The average Bonchev–Trinajstić information content (AvgIpc) is 2.54. The maximum atomic E-state index is 11.8. The van der Waals surface area contributed by atoms with Crippen molar-refractivity contribution in [3.8, 4) is 0 Å². The van der Waals surface area contributed by atoms with E-state index in [9.17, 15) is 35.9 Å². The van der Waals surface area contributed by atoms with Gasteiger partial charge < -0.3 is 15.7 Å². The highest BCUT2D eigenvalue weighted by Gasteiger charge is 2.22. The first-order valence-corrected chi connectivity index (χ1v) is 7.34. The molecular formula is C15H16F6N4O3. The van der Waals surface area contributed by atoms with Crippen molar-refractivity contribution in [1.82, 2.24) is 15.3 Å². The largest absolute Gasteiger partial charge is 0.478 e. The minimum Gasteiger partial charge on any atom is -0.478 e. The number of amides is 1. The van der Waals surface area contributed by atoms with Crippen molar-refractivity contribution in [2.75, 3.05) is 18.4 Å². The Morgan fingerprint density at radius 1 is 1.04 bits per heavy atom. The van der Waals surface area contributed by atoms with E-state index in [-0.39, 0.29) is 24.8 Å². The molecule has 0 fully saturated rings. The fourth-order valence-corrected chi connectivity index (χ4v) is 1.32. The van der Waals surface area contributed by atoms with Crippen molar-refractivity contribution in [2.24, 2.45) is 0 Å². The van der Waals surface area contributed by atoms with Gasteiger partial charge in [0, 0.05) is 43.6 Å². The van der Waals surface area contributed by atoms with Gasteiger partial charge in [-0.1, -0.05) is 0 Å². The lowest BCUT2D eigenvalue weighted by molar-refractivity contribution is -0.132. The van der Waals surface area contributed by atoms with E-state index in [1.807, 2.05) is 0 Å². The number of carbonyl (C=O) groups excluding carboxylic acids is 1. The lowest BCUT2D eigenvalue weighted by atomic mass is 10.4. The van der Waals surface area contributed by atoms with Gasteiger partial charge in [0.2, 0.25) is 5.91 Å². The molecular weight excluding hydrogens is 398 g/mol. The Balaban J connectivity index is 0.000000684. The van der Waals surface area contributed by atoms with Crippen LogP contribution in [0.4, 0.5) is 32.2 Å². The van der Waals surface area contributed by atoms with E-state index in [2.05, 4.69) is 20.6 Å². The monoisotopic (exact) mass is 414 g/mol. The van der Waals surface area contributed by atoms with Gasteiger partial charge in [-0.3, -0.25) is 9.78 Å². The van der Waals surface area contributed by atoms with Gasteiger partial charge in [-0.15, -0.1) is 0 Å². The predicted octanol–water partition coefficient (Wildman–Crippen LogP) is 2.62. The highest BCUT2D eigenvalue weighted by Crippen LogP contribution is 2.16. The molecule has 0 saturated carbocycles. The van der Waals surface area contributed by atoms with Gasteiger partial charge in [0.15, 0.2) is 0 Å². The summed E-state index contributed by atoms with van der Waals surface area (Å²) in [6.45, 7) is 2.29. The summed E-state index contributed by atoms with van der Waals surface area (Å²) in [4.78, 5) is 28.5. The second-order valence-electron chi connectivity index (χ2n) is 4.85. The number of rotatable bonds is 6. The van der Waals surface area contributed by atoms with Gasteiger partial charge in [0.05, 0.1) is 11.9 Å². The molecule has 0 aliphatic rings. The number of carbonyl (C=O) groups is 2. The number of aromatic nitrogens is 2. The van der Waals surface area contributed by atoms with Crippen molar-refractivity contribution in [2.45, 2.75) is 19.3 Å². The molecule has 13 heteroatoms. The number of aryl methyl sites for hydroxylation is 1. The average molecular weight is 414 g/mol. The van der Waals surface area contributed by atoms with E-state index < -0.39 is 24.2 Å². The highest BCUT2D eigenvalue weighted by atomic mass is 19.4. The number of nitrogens with one attached hydrogen (secondary N) is 2. The van der Waals surface area contributed by atoms with Crippen LogP contribution in [0.25, 0.3) is 0 Å². The van der Waals surface area contributed by atoms with Crippen molar-refractivity contribution < 1.29 is 41.0 Å². The molecule has 0 radical (unpaired) electrons. The summed E-state index contributed by atoms with van der Waals surface area (Å²) in [5.74, 6) is -1.86. The van der Waals surface area contributed by atoms with Gasteiger partial charge in [-0.25, -0.2) is 9.78 Å². The second kappa shape index (κ2) is 11.6. The normalized spacial score (nSPS) is 11.8. The smallest absolute Gasteiger partial charge is 0.410 e. The minimum atomic E-state index is -4.53. The Bertz CT molecular complexity index is 702. The summed E-state index contributed by atoms with van der Waals surface area (Å²) in [7, 11) is 0. The zero-order chi connectivity index (χ0) is 21.8. The third-order valence-corrected chi connectivity index (χ3v) is 2.32. The zero-order valence-corrected chi connectivity index (χ0v) is 14.3. The number of halogens is 6. The van der Waals surface area contributed by atoms with Crippen molar-refractivity contribution in [3.05, 3.63) is 42.4 Å². The number of alkyl halides is 6. The molecule has 0 aliphatic carbocycles. The Labute approximate surface area is 155 Å². The minimum absolute atomic E-state index is 0.0417. The van der Waals surface area contributed by atoms with Crippen LogP contribution >= 0.6 is 0 Å². The number of carboxylic acid groups (broad SMARTS) is 1. The number of nitrogens with zero attached hydrogens (tertiary/aromatic N) is 2. The number of anilines is 1. The molecule has 0 aromatic carbocycles. The Hall–Kier alpha value is -3.12. The first-order chi connectivity index (χ1) is 12.8. The first kappa shape index (κ1) is 24.9. The van der Waals surface area contributed by atoms with Gasteiger partial charge >= 0.3 is 18.3 Å². The molecule has 156 valence electrons. The van der Waals surface area contributed by atoms with Crippen LogP contribution in [0.2, 0.25) is 0 Å². The van der Waals surface area contributed by atoms with E-state index in [0.29, 0.717) is 18.4 Å². The van der Waals surface area contributed by atoms with Crippen LogP contribution in [0.15, 0.2) is 36.7 Å². The lowest BCUT2D eigenvalue weighted by Crippen LogP contribution is -2.27. The number of carboxylic acids is 1. The van der Waals surface area contributed by atoms with Crippen LogP contribution < -0.4 is 10.6 Å². The van der Waals surface area contributed by atoms with Crippen LogP contribution in [0, 0.1) is 6.92 Å².